The lowest BCUT2D eigenvalue weighted by Gasteiger charge is -2.19. The minimum atomic E-state index is -4.92. The molecule has 0 saturated carbocycles. The SMILES string of the molecule is O=C1c2cc(-c3ccc(OC(F)(F)F)cc3F)ccc2OCCN1Cc1ncccn1. The molecular weight excluding hydrogens is 418 g/mol. The summed E-state index contributed by atoms with van der Waals surface area (Å²) in [6.07, 6.45) is -1.78. The van der Waals surface area contributed by atoms with E-state index in [9.17, 15) is 22.4 Å². The Hall–Kier alpha value is -3.69. The van der Waals surface area contributed by atoms with Crippen molar-refractivity contribution in [3.05, 3.63) is 72.1 Å². The summed E-state index contributed by atoms with van der Waals surface area (Å²) in [5, 5.41) is 0. The molecule has 31 heavy (non-hydrogen) atoms. The highest BCUT2D eigenvalue weighted by Crippen LogP contribution is 2.33. The molecular formula is C21H15F4N3O3. The molecule has 1 aliphatic heterocycles. The molecule has 0 atom stereocenters. The molecule has 4 rings (SSSR count). The zero-order valence-electron chi connectivity index (χ0n) is 15.9. The third-order valence-electron chi connectivity index (χ3n) is 4.55. The summed E-state index contributed by atoms with van der Waals surface area (Å²) >= 11 is 0. The van der Waals surface area contributed by atoms with Gasteiger partial charge in [-0.15, -0.1) is 13.2 Å². The van der Waals surface area contributed by atoms with Crippen LogP contribution in [0.1, 0.15) is 16.2 Å². The van der Waals surface area contributed by atoms with E-state index in [1.165, 1.54) is 23.1 Å². The maximum atomic E-state index is 14.5. The smallest absolute Gasteiger partial charge is 0.491 e. The zero-order valence-corrected chi connectivity index (χ0v) is 15.9. The van der Waals surface area contributed by atoms with E-state index >= 15 is 0 Å². The van der Waals surface area contributed by atoms with Gasteiger partial charge in [0.25, 0.3) is 5.91 Å². The summed E-state index contributed by atoms with van der Waals surface area (Å²) in [5.74, 6) is -1.14. The summed E-state index contributed by atoms with van der Waals surface area (Å²) in [4.78, 5) is 22.8. The van der Waals surface area contributed by atoms with E-state index < -0.39 is 17.9 Å². The van der Waals surface area contributed by atoms with Gasteiger partial charge in [0.2, 0.25) is 0 Å². The fourth-order valence-electron chi connectivity index (χ4n) is 3.19. The Morgan fingerprint density at radius 1 is 1.06 bits per heavy atom. The molecule has 0 saturated heterocycles. The van der Waals surface area contributed by atoms with E-state index in [4.69, 9.17) is 4.74 Å². The first-order chi connectivity index (χ1) is 14.8. The maximum absolute atomic E-state index is 14.5. The van der Waals surface area contributed by atoms with Gasteiger partial charge in [-0.25, -0.2) is 14.4 Å². The monoisotopic (exact) mass is 433 g/mol. The number of hydrogen-bond donors (Lipinski definition) is 0. The average molecular weight is 433 g/mol. The van der Waals surface area contributed by atoms with Crippen LogP contribution in [-0.2, 0) is 6.54 Å². The molecule has 0 fully saturated rings. The van der Waals surface area contributed by atoms with E-state index in [1.54, 1.807) is 18.5 Å². The van der Waals surface area contributed by atoms with E-state index in [0.29, 0.717) is 29.7 Å². The number of ether oxygens (including phenoxy) is 2. The highest BCUT2D eigenvalue weighted by Gasteiger charge is 2.31. The number of aromatic nitrogens is 2. The lowest BCUT2D eigenvalue weighted by atomic mass is 10.0. The summed E-state index contributed by atoms with van der Waals surface area (Å²) < 4.78 is 60.9. The third kappa shape index (κ3) is 4.73. The van der Waals surface area contributed by atoms with Crippen LogP contribution in [0.5, 0.6) is 11.5 Å². The Kier molecular flexibility index (Phi) is 5.45. The van der Waals surface area contributed by atoms with Gasteiger partial charge >= 0.3 is 6.36 Å². The van der Waals surface area contributed by atoms with E-state index in [-0.39, 0.29) is 30.2 Å². The van der Waals surface area contributed by atoms with Crippen LogP contribution in [0.25, 0.3) is 11.1 Å². The van der Waals surface area contributed by atoms with Crippen molar-refractivity contribution in [3.63, 3.8) is 0 Å². The Morgan fingerprint density at radius 2 is 1.84 bits per heavy atom. The van der Waals surface area contributed by atoms with Gasteiger partial charge < -0.3 is 14.4 Å². The standard InChI is InChI=1S/C21H15F4N3O3/c22-17-11-14(31-21(23,24)25)3-4-15(17)13-2-5-18-16(10-13)20(29)28(8-9-30-18)12-19-26-6-1-7-27-19/h1-7,10-11H,8-9,12H2. The van der Waals surface area contributed by atoms with Crippen LogP contribution in [0.2, 0.25) is 0 Å². The Morgan fingerprint density at radius 3 is 2.55 bits per heavy atom. The highest BCUT2D eigenvalue weighted by molar-refractivity contribution is 5.98. The highest BCUT2D eigenvalue weighted by atomic mass is 19.4. The first-order valence-electron chi connectivity index (χ1n) is 9.18. The molecule has 1 aromatic heterocycles. The van der Waals surface area contributed by atoms with Crippen LogP contribution in [0.15, 0.2) is 54.9 Å². The number of nitrogens with zero attached hydrogens (tertiary/aromatic N) is 3. The van der Waals surface area contributed by atoms with E-state index in [0.717, 1.165) is 12.1 Å². The predicted octanol–water partition coefficient (Wildman–Crippen LogP) is 4.22. The first kappa shape index (κ1) is 20.6. The molecule has 1 amide bonds. The Balaban J connectivity index is 1.63. The number of rotatable bonds is 4. The van der Waals surface area contributed by atoms with Crippen LogP contribution < -0.4 is 9.47 Å². The maximum Gasteiger partial charge on any atom is 0.573 e. The number of halogens is 4. The quantitative estimate of drug-likeness (QED) is 0.577. The molecule has 1 aliphatic rings. The van der Waals surface area contributed by atoms with Crippen molar-refractivity contribution in [2.45, 2.75) is 12.9 Å². The van der Waals surface area contributed by atoms with Crippen molar-refractivity contribution in [1.82, 2.24) is 14.9 Å². The molecule has 2 heterocycles. The van der Waals surface area contributed by atoms with Crippen molar-refractivity contribution in [1.29, 1.82) is 0 Å². The van der Waals surface area contributed by atoms with Crippen LogP contribution >= 0.6 is 0 Å². The second kappa shape index (κ2) is 8.21. The summed E-state index contributed by atoms with van der Waals surface area (Å²) in [6.45, 7) is 0.728. The van der Waals surface area contributed by atoms with E-state index in [2.05, 4.69) is 14.7 Å². The largest absolute Gasteiger partial charge is 0.573 e. The number of fused-ring (bicyclic) bond motifs is 1. The lowest BCUT2D eigenvalue weighted by Crippen LogP contribution is -2.32. The molecule has 0 N–H and O–H groups in total. The molecule has 0 radical (unpaired) electrons. The molecule has 10 heteroatoms. The van der Waals surface area contributed by atoms with Crippen molar-refractivity contribution < 1.29 is 31.8 Å². The summed E-state index contributed by atoms with van der Waals surface area (Å²) in [7, 11) is 0. The van der Waals surface area contributed by atoms with Gasteiger partial charge in [0, 0.05) is 24.0 Å². The predicted molar refractivity (Wildman–Crippen MR) is 101 cm³/mol. The first-order valence-corrected chi connectivity index (χ1v) is 9.18. The van der Waals surface area contributed by atoms with E-state index in [1.807, 2.05) is 0 Å². The molecule has 0 aliphatic carbocycles. The lowest BCUT2D eigenvalue weighted by molar-refractivity contribution is -0.274. The summed E-state index contributed by atoms with van der Waals surface area (Å²) in [6, 6.07) is 8.99. The Labute approximate surface area is 174 Å². The van der Waals surface area contributed by atoms with Crippen molar-refractivity contribution in [2.75, 3.05) is 13.2 Å². The van der Waals surface area contributed by atoms with Crippen molar-refractivity contribution >= 4 is 5.91 Å². The Bertz CT molecular complexity index is 1110. The fraction of sp³-hybridized carbons (Fsp3) is 0.190. The number of benzene rings is 2. The average Bonchev–Trinajstić information content (AvgIpc) is 2.87. The van der Waals surface area contributed by atoms with Crippen LogP contribution in [-0.4, -0.2) is 40.3 Å². The normalized spacial score (nSPS) is 13.9. The van der Waals surface area contributed by atoms with Gasteiger partial charge in [-0.1, -0.05) is 6.07 Å². The van der Waals surface area contributed by atoms with Gasteiger partial charge in [0.1, 0.15) is 29.7 Å². The topological polar surface area (TPSA) is 64.6 Å². The zero-order chi connectivity index (χ0) is 22.0. The minimum absolute atomic E-state index is 0.0207. The number of carbonyl (C=O) groups is 1. The molecule has 0 bridgehead atoms. The summed E-state index contributed by atoms with van der Waals surface area (Å²) in [5.41, 5.74) is 0.540. The minimum Gasteiger partial charge on any atom is -0.491 e. The van der Waals surface area contributed by atoms with Crippen LogP contribution in [0, 0.1) is 5.82 Å². The number of amides is 1. The number of hydrogen-bond acceptors (Lipinski definition) is 5. The molecule has 2 aromatic carbocycles. The molecule has 0 spiro atoms. The third-order valence-corrected chi connectivity index (χ3v) is 4.55. The number of alkyl halides is 3. The van der Waals surface area contributed by atoms with Gasteiger partial charge in [0.05, 0.1) is 18.7 Å². The van der Waals surface area contributed by atoms with Gasteiger partial charge in [-0.2, -0.15) is 0 Å². The van der Waals surface area contributed by atoms with Crippen LogP contribution in [0.4, 0.5) is 17.6 Å². The van der Waals surface area contributed by atoms with Gasteiger partial charge in [-0.05, 0) is 35.9 Å². The molecule has 0 unspecified atom stereocenters. The van der Waals surface area contributed by atoms with Gasteiger partial charge in [0.15, 0.2) is 0 Å². The fourth-order valence-corrected chi connectivity index (χ4v) is 3.19. The van der Waals surface area contributed by atoms with Crippen molar-refractivity contribution in [2.24, 2.45) is 0 Å². The second-order valence-electron chi connectivity index (χ2n) is 6.64. The molecule has 160 valence electrons. The second-order valence-corrected chi connectivity index (χ2v) is 6.64. The van der Waals surface area contributed by atoms with Gasteiger partial charge in [-0.3, -0.25) is 4.79 Å². The molecule has 3 aromatic rings. The van der Waals surface area contributed by atoms with Crippen LogP contribution in [0.3, 0.4) is 0 Å². The number of carbonyl (C=O) groups excluding carboxylic acids is 1. The molecule has 6 nitrogen and oxygen atoms in total. The van der Waals surface area contributed by atoms with Crippen molar-refractivity contribution in [3.8, 4) is 22.6 Å².